The van der Waals surface area contributed by atoms with Crippen LogP contribution in [-0.4, -0.2) is 6.03 Å². The van der Waals surface area contributed by atoms with Gasteiger partial charge in [-0.05, 0) is 42.0 Å². The van der Waals surface area contributed by atoms with Crippen molar-refractivity contribution in [2.24, 2.45) is 0 Å². The zero-order valence-corrected chi connectivity index (χ0v) is 11.1. The fourth-order valence-electron chi connectivity index (χ4n) is 1.68. The normalized spacial score (nSPS) is 9.24. The molecular weight excluding hydrogens is 264 g/mol. The minimum absolute atomic E-state index is 0.330. The molecule has 0 spiro atoms. The Morgan fingerprint density at radius 1 is 0.905 bits per heavy atom. The van der Waals surface area contributed by atoms with E-state index >= 15 is 0 Å². The summed E-state index contributed by atoms with van der Waals surface area (Å²) in [5.74, 6) is 0. The van der Waals surface area contributed by atoms with Crippen molar-refractivity contribution in [3.05, 3.63) is 65.2 Å². The van der Waals surface area contributed by atoms with Gasteiger partial charge in [0, 0.05) is 12.2 Å². The Balaban J connectivity index is 1.86. The van der Waals surface area contributed by atoms with E-state index in [0.29, 0.717) is 23.4 Å². The highest BCUT2D eigenvalue weighted by Gasteiger charge is 2.02. The minimum Gasteiger partial charge on any atom is -0.334 e. The molecule has 2 aromatic carbocycles. The second-order valence-corrected chi connectivity index (χ2v) is 4.31. The molecule has 0 saturated carbocycles. The Morgan fingerprint density at radius 2 is 1.43 bits per heavy atom. The van der Waals surface area contributed by atoms with Crippen LogP contribution in [-0.2, 0) is 6.54 Å². The minimum atomic E-state index is -0.330. The zero-order chi connectivity index (χ0) is 15.1. The number of hydrogen-bond acceptors (Lipinski definition) is 3. The summed E-state index contributed by atoms with van der Waals surface area (Å²) in [7, 11) is 0. The highest BCUT2D eigenvalue weighted by molar-refractivity contribution is 5.89. The lowest BCUT2D eigenvalue weighted by molar-refractivity contribution is 0.251. The first-order valence-corrected chi connectivity index (χ1v) is 6.25. The number of carbonyl (C=O) groups excluding carboxylic acids is 1. The van der Waals surface area contributed by atoms with Gasteiger partial charge >= 0.3 is 6.03 Å². The number of benzene rings is 2. The average molecular weight is 276 g/mol. The summed E-state index contributed by atoms with van der Waals surface area (Å²) in [6.07, 6.45) is 0. The quantitative estimate of drug-likeness (QED) is 0.903. The Bertz CT molecular complexity index is 706. The van der Waals surface area contributed by atoms with Crippen molar-refractivity contribution in [3.8, 4) is 12.1 Å². The molecule has 0 aliphatic rings. The van der Waals surface area contributed by atoms with Gasteiger partial charge in [-0.2, -0.15) is 10.5 Å². The van der Waals surface area contributed by atoms with Gasteiger partial charge in [0.15, 0.2) is 0 Å². The van der Waals surface area contributed by atoms with Crippen LogP contribution in [0.1, 0.15) is 16.7 Å². The summed E-state index contributed by atoms with van der Waals surface area (Å²) >= 11 is 0. The zero-order valence-electron chi connectivity index (χ0n) is 11.1. The molecule has 5 heteroatoms. The van der Waals surface area contributed by atoms with Crippen LogP contribution in [0.25, 0.3) is 0 Å². The van der Waals surface area contributed by atoms with E-state index in [-0.39, 0.29) is 6.03 Å². The van der Waals surface area contributed by atoms with Crippen LogP contribution in [0.3, 0.4) is 0 Å². The number of nitrogens with zero attached hydrogens (tertiary/aromatic N) is 2. The van der Waals surface area contributed by atoms with E-state index < -0.39 is 0 Å². The molecule has 0 unspecified atom stereocenters. The van der Waals surface area contributed by atoms with E-state index in [0.717, 1.165) is 5.56 Å². The molecule has 0 aliphatic carbocycles. The van der Waals surface area contributed by atoms with Gasteiger partial charge in [-0.3, -0.25) is 0 Å². The molecule has 2 rings (SSSR count). The second kappa shape index (κ2) is 6.74. The number of rotatable bonds is 3. The molecule has 0 heterocycles. The number of anilines is 1. The first-order valence-electron chi connectivity index (χ1n) is 6.25. The van der Waals surface area contributed by atoms with Gasteiger partial charge < -0.3 is 10.6 Å². The summed E-state index contributed by atoms with van der Waals surface area (Å²) in [6.45, 7) is 0.369. The van der Waals surface area contributed by atoms with Crippen molar-refractivity contribution in [2.45, 2.75) is 6.54 Å². The van der Waals surface area contributed by atoms with Crippen LogP contribution in [0.15, 0.2) is 48.5 Å². The predicted molar refractivity (Wildman–Crippen MR) is 78.2 cm³/mol. The molecule has 0 aromatic heterocycles. The van der Waals surface area contributed by atoms with Crippen LogP contribution < -0.4 is 10.6 Å². The van der Waals surface area contributed by atoms with Crippen LogP contribution in [0.4, 0.5) is 10.5 Å². The van der Waals surface area contributed by atoms with Crippen molar-refractivity contribution in [1.29, 1.82) is 10.5 Å². The largest absolute Gasteiger partial charge is 0.334 e. The lowest BCUT2D eigenvalue weighted by Gasteiger charge is -2.07. The maximum Gasteiger partial charge on any atom is 0.319 e. The van der Waals surface area contributed by atoms with E-state index in [4.69, 9.17) is 10.5 Å². The van der Waals surface area contributed by atoms with Gasteiger partial charge in [0.25, 0.3) is 0 Å². The summed E-state index contributed by atoms with van der Waals surface area (Å²) in [5, 5.41) is 22.8. The smallest absolute Gasteiger partial charge is 0.319 e. The van der Waals surface area contributed by atoms with Gasteiger partial charge in [-0.25, -0.2) is 4.79 Å². The van der Waals surface area contributed by atoms with Crippen molar-refractivity contribution >= 4 is 11.7 Å². The Labute approximate surface area is 122 Å². The first-order chi connectivity index (χ1) is 10.2. The van der Waals surface area contributed by atoms with Gasteiger partial charge in [-0.1, -0.05) is 12.1 Å². The Morgan fingerprint density at radius 3 is 1.95 bits per heavy atom. The fourth-order valence-corrected chi connectivity index (χ4v) is 1.68. The molecule has 2 N–H and O–H groups in total. The lowest BCUT2D eigenvalue weighted by atomic mass is 10.1. The number of urea groups is 1. The molecular formula is C16H12N4O. The first kappa shape index (κ1) is 14.1. The third kappa shape index (κ3) is 4.09. The summed E-state index contributed by atoms with van der Waals surface area (Å²) in [4.78, 5) is 11.7. The van der Waals surface area contributed by atoms with E-state index in [1.807, 2.05) is 12.1 Å². The molecule has 21 heavy (non-hydrogen) atoms. The molecule has 0 fully saturated rings. The molecule has 0 bridgehead atoms. The summed E-state index contributed by atoms with van der Waals surface area (Å²) in [5.41, 5.74) is 2.65. The number of amides is 2. The number of carbonyl (C=O) groups is 1. The standard InChI is InChI=1S/C16H12N4O/c17-9-12-1-3-14(4-2-12)11-19-16(21)20-15-7-5-13(10-18)6-8-15/h1-8H,11H2,(H2,19,20,21). The SMILES string of the molecule is N#Cc1ccc(CNC(=O)Nc2ccc(C#N)cc2)cc1. The van der Waals surface area contributed by atoms with Crippen molar-refractivity contribution < 1.29 is 4.79 Å². The van der Waals surface area contributed by atoms with Gasteiger partial charge in [0.2, 0.25) is 0 Å². The highest BCUT2D eigenvalue weighted by Crippen LogP contribution is 2.08. The van der Waals surface area contributed by atoms with E-state index in [1.54, 1.807) is 48.5 Å². The third-order valence-electron chi connectivity index (χ3n) is 2.81. The Hall–Kier alpha value is -3.31. The van der Waals surface area contributed by atoms with Crippen LogP contribution in [0, 0.1) is 22.7 Å². The molecule has 0 atom stereocenters. The van der Waals surface area contributed by atoms with Crippen LogP contribution in [0.5, 0.6) is 0 Å². The number of nitriles is 2. The van der Waals surface area contributed by atoms with E-state index in [1.165, 1.54) is 0 Å². The van der Waals surface area contributed by atoms with Crippen molar-refractivity contribution in [2.75, 3.05) is 5.32 Å². The molecule has 102 valence electrons. The Kier molecular flexibility index (Phi) is 4.53. The molecule has 0 radical (unpaired) electrons. The van der Waals surface area contributed by atoms with E-state index in [2.05, 4.69) is 10.6 Å². The van der Waals surface area contributed by atoms with Gasteiger partial charge in [0.1, 0.15) is 0 Å². The molecule has 2 aromatic rings. The maximum atomic E-state index is 11.7. The predicted octanol–water partition coefficient (Wildman–Crippen LogP) is 2.75. The summed E-state index contributed by atoms with van der Waals surface area (Å²) < 4.78 is 0. The lowest BCUT2D eigenvalue weighted by Crippen LogP contribution is -2.28. The average Bonchev–Trinajstić information content (AvgIpc) is 2.54. The molecule has 0 aliphatic heterocycles. The van der Waals surface area contributed by atoms with Crippen molar-refractivity contribution in [3.63, 3.8) is 0 Å². The number of hydrogen-bond donors (Lipinski definition) is 2. The van der Waals surface area contributed by atoms with Gasteiger partial charge in [-0.15, -0.1) is 0 Å². The third-order valence-corrected chi connectivity index (χ3v) is 2.81. The molecule has 0 saturated heterocycles. The van der Waals surface area contributed by atoms with E-state index in [9.17, 15) is 4.79 Å². The monoisotopic (exact) mass is 276 g/mol. The highest BCUT2D eigenvalue weighted by atomic mass is 16.2. The molecule has 2 amide bonds. The topological polar surface area (TPSA) is 88.7 Å². The summed E-state index contributed by atoms with van der Waals surface area (Å²) in [6, 6.07) is 17.3. The van der Waals surface area contributed by atoms with Crippen LogP contribution >= 0.6 is 0 Å². The maximum absolute atomic E-state index is 11.7. The second-order valence-electron chi connectivity index (χ2n) is 4.31. The fraction of sp³-hybridized carbons (Fsp3) is 0.0625. The number of nitrogens with one attached hydrogen (secondary N) is 2. The van der Waals surface area contributed by atoms with Gasteiger partial charge in [0.05, 0.1) is 23.3 Å². The molecule has 5 nitrogen and oxygen atoms in total. The van der Waals surface area contributed by atoms with Crippen molar-refractivity contribution in [1.82, 2.24) is 5.32 Å². The van der Waals surface area contributed by atoms with Crippen LogP contribution in [0.2, 0.25) is 0 Å².